The van der Waals surface area contributed by atoms with Crippen molar-refractivity contribution < 1.29 is 14.6 Å². The Bertz CT molecular complexity index is 459. The fraction of sp³-hybridized carbons (Fsp3) is 0.588. The minimum absolute atomic E-state index is 0.311. The summed E-state index contributed by atoms with van der Waals surface area (Å²) in [5, 5.41) is 9.15. The van der Waals surface area contributed by atoms with Gasteiger partial charge in [-0.25, -0.2) is 4.79 Å². The summed E-state index contributed by atoms with van der Waals surface area (Å²) in [7, 11) is 1.62. The summed E-state index contributed by atoms with van der Waals surface area (Å²) in [6.07, 6.45) is 3.37. The normalized spacial score (nSPS) is 12.4. The maximum atomic E-state index is 11.1. The first-order valence-corrected chi connectivity index (χ1v) is 7.67. The monoisotopic (exact) mass is 293 g/mol. The van der Waals surface area contributed by atoms with Crippen molar-refractivity contribution in [3.8, 4) is 5.75 Å². The molecule has 1 aromatic rings. The molecule has 0 radical (unpaired) electrons. The molecule has 0 aliphatic carbocycles. The fourth-order valence-corrected chi connectivity index (χ4v) is 2.33. The molecule has 0 aliphatic rings. The van der Waals surface area contributed by atoms with Crippen molar-refractivity contribution in [2.24, 2.45) is 0 Å². The summed E-state index contributed by atoms with van der Waals surface area (Å²) < 4.78 is 5.38. The maximum Gasteiger partial charge on any atom is 0.335 e. The average Bonchev–Trinajstić information content (AvgIpc) is 2.50. The highest BCUT2D eigenvalue weighted by molar-refractivity contribution is 5.88. The number of methoxy groups -OCH3 is 1. The van der Waals surface area contributed by atoms with Crippen LogP contribution >= 0.6 is 0 Å². The van der Waals surface area contributed by atoms with Gasteiger partial charge in [-0.15, -0.1) is 0 Å². The third-order valence-electron chi connectivity index (χ3n) is 3.91. The second kappa shape index (κ2) is 8.67. The summed E-state index contributed by atoms with van der Waals surface area (Å²) in [5.74, 6) is -0.146. The van der Waals surface area contributed by atoms with Gasteiger partial charge in [0.2, 0.25) is 0 Å². The van der Waals surface area contributed by atoms with Crippen molar-refractivity contribution in [2.45, 2.75) is 52.6 Å². The van der Waals surface area contributed by atoms with Crippen molar-refractivity contribution in [2.75, 3.05) is 13.7 Å². The van der Waals surface area contributed by atoms with E-state index in [-0.39, 0.29) is 0 Å². The summed E-state index contributed by atoms with van der Waals surface area (Å²) in [5.41, 5.74) is 1.25. The van der Waals surface area contributed by atoms with Gasteiger partial charge in [-0.2, -0.15) is 0 Å². The Morgan fingerprint density at radius 1 is 1.38 bits per heavy atom. The second-order valence-corrected chi connectivity index (χ2v) is 5.41. The number of nitrogens with zero attached hydrogens (tertiary/aromatic N) is 1. The van der Waals surface area contributed by atoms with Crippen LogP contribution in [0.1, 0.15) is 56.0 Å². The quantitative estimate of drug-likeness (QED) is 0.752. The molecule has 0 heterocycles. The number of hydrogen-bond acceptors (Lipinski definition) is 3. The summed E-state index contributed by atoms with van der Waals surface area (Å²) >= 11 is 0. The zero-order valence-electron chi connectivity index (χ0n) is 13.6. The molecule has 1 rings (SSSR count). The predicted octanol–water partition coefficient (Wildman–Crippen LogP) is 3.79. The lowest BCUT2D eigenvalue weighted by Crippen LogP contribution is -2.33. The van der Waals surface area contributed by atoms with Gasteiger partial charge in [0.1, 0.15) is 5.75 Å². The van der Waals surface area contributed by atoms with Gasteiger partial charge in [0.15, 0.2) is 0 Å². The third kappa shape index (κ3) is 5.05. The van der Waals surface area contributed by atoms with Gasteiger partial charge in [-0.1, -0.05) is 20.3 Å². The van der Waals surface area contributed by atoms with Crippen molar-refractivity contribution in [3.05, 3.63) is 29.3 Å². The highest BCUT2D eigenvalue weighted by atomic mass is 16.5. The SMILES string of the molecule is CCCCN(Cc1cc(C(=O)O)ccc1OC)C(C)CC. The van der Waals surface area contributed by atoms with Crippen LogP contribution in [-0.4, -0.2) is 35.7 Å². The molecule has 0 aliphatic heterocycles. The van der Waals surface area contributed by atoms with E-state index in [1.165, 1.54) is 0 Å². The molecule has 0 bridgehead atoms. The molecule has 118 valence electrons. The molecule has 0 aromatic heterocycles. The van der Waals surface area contributed by atoms with Crippen molar-refractivity contribution in [3.63, 3.8) is 0 Å². The summed E-state index contributed by atoms with van der Waals surface area (Å²) in [6.45, 7) is 8.31. The molecule has 0 saturated heterocycles. The Hall–Kier alpha value is -1.55. The minimum Gasteiger partial charge on any atom is -0.496 e. The lowest BCUT2D eigenvalue weighted by atomic mass is 10.1. The van der Waals surface area contributed by atoms with Crippen LogP contribution in [0, 0.1) is 0 Å². The number of aromatic carboxylic acids is 1. The highest BCUT2D eigenvalue weighted by Gasteiger charge is 2.16. The second-order valence-electron chi connectivity index (χ2n) is 5.41. The minimum atomic E-state index is -0.900. The molecule has 0 fully saturated rings. The molecule has 4 heteroatoms. The van der Waals surface area contributed by atoms with Gasteiger partial charge < -0.3 is 9.84 Å². The van der Waals surface area contributed by atoms with E-state index in [0.29, 0.717) is 11.6 Å². The van der Waals surface area contributed by atoms with Gasteiger partial charge in [-0.3, -0.25) is 4.90 Å². The smallest absolute Gasteiger partial charge is 0.335 e. The number of unbranched alkanes of at least 4 members (excludes halogenated alkanes) is 1. The molecular weight excluding hydrogens is 266 g/mol. The van der Waals surface area contributed by atoms with E-state index < -0.39 is 5.97 Å². The van der Waals surface area contributed by atoms with Gasteiger partial charge in [0.25, 0.3) is 0 Å². The van der Waals surface area contributed by atoms with Crippen LogP contribution < -0.4 is 4.74 Å². The van der Waals surface area contributed by atoms with Gasteiger partial charge in [0.05, 0.1) is 12.7 Å². The first-order valence-electron chi connectivity index (χ1n) is 7.67. The number of carboxylic acids is 1. The van der Waals surface area contributed by atoms with Gasteiger partial charge in [0, 0.05) is 18.2 Å². The average molecular weight is 293 g/mol. The number of benzene rings is 1. The standard InChI is InChI=1S/C17H27NO3/c1-5-7-10-18(13(3)6-2)12-15-11-14(17(19)20)8-9-16(15)21-4/h8-9,11,13H,5-7,10,12H2,1-4H3,(H,19,20). The van der Waals surface area contributed by atoms with E-state index >= 15 is 0 Å². The molecule has 1 unspecified atom stereocenters. The van der Waals surface area contributed by atoms with Crippen molar-refractivity contribution >= 4 is 5.97 Å². The Labute approximate surface area is 127 Å². The molecular formula is C17H27NO3. The molecule has 1 atom stereocenters. The predicted molar refractivity (Wildman–Crippen MR) is 85.0 cm³/mol. The number of ether oxygens (including phenoxy) is 1. The number of carboxylic acid groups (broad SMARTS) is 1. The molecule has 4 nitrogen and oxygen atoms in total. The van der Waals surface area contributed by atoms with Crippen molar-refractivity contribution in [1.82, 2.24) is 4.90 Å². The van der Waals surface area contributed by atoms with Crippen LogP contribution in [0.15, 0.2) is 18.2 Å². The topological polar surface area (TPSA) is 49.8 Å². The summed E-state index contributed by atoms with van der Waals surface area (Å²) in [6, 6.07) is 5.52. The Kier molecular flexibility index (Phi) is 7.23. The molecule has 0 spiro atoms. The van der Waals surface area contributed by atoms with Crippen LogP contribution in [-0.2, 0) is 6.54 Å². The number of rotatable bonds is 9. The first kappa shape index (κ1) is 17.5. The first-order chi connectivity index (χ1) is 10.0. The molecule has 1 N–H and O–H groups in total. The van der Waals surface area contributed by atoms with Crippen LogP contribution in [0.3, 0.4) is 0 Å². The van der Waals surface area contributed by atoms with E-state index in [1.807, 2.05) is 0 Å². The van der Waals surface area contributed by atoms with E-state index in [9.17, 15) is 4.79 Å². The van der Waals surface area contributed by atoms with Crippen molar-refractivity contribution in [1.29, 1.82) is 0 Å². The Morgan fingerprint density at radius 2 is 2.10 bits per heavy atom. The Balaban J connectivity index is 2.99. The zero-order valence-corrected chi connectivity index (χ0v) is 13.6. The molecule has 21 heavy (non-hydrogen) atoms. The maximum absolute atomic E-state index is 11.1. The Morgan fingerprint density at radius 3 is 2.62 bits per heavy atom. The van der Waals surface area contributed by atoms with Crippen LogP contribution in [0.5, 0.6) is 5.75 Å². The number of hydrogen-bond donors (Lipinski definition) is 1. The lowest BCUT2D eigenvalue weighted by Gasteiger charge is -2.29. The largest absolute Gasteiger partial charge is 0.496 e. The van der Waals surface area contributed by atoms with Crippen LogP contribution in [0.2, 0.25) is 0 Å². The van der Waals surface area contributed by atoms with E-state index in [4.69, 9.17) is 9.84 Å². The lowest BCUT2D eigenvalue weighted by molar-refractivity contribution is 0.0696. The highest BCUT2D eigenvalue weighted by Crippen LogP contribution is 2.23. The van der Waals surface area contributed by atoms with Gasteiger partial charge in [-0.05, 0) is 44.5 Å². The molecule has 0 saturated carbocycles. The van der Waals surface area contributed by atoms with E-state index in [1.54, 1.807) is 25.3 Å². The molecule has 1 aromatic carbocycles. The van der Waals surface area contributed by atoms with E-state index in [2.05, 4.69) is 25.7 Å². The number of carbonyl (C=O) groups is 1. The third-order valence-corrected chi connectivity index (χ3v) is 3.91. The zero-order chi connectivity index (χ0) is 15.8. The van der Waals surface area contributed by atoms with Crippen LogP contribution in [0.4, 0.5) is 0 Å². The fourth-order valence-electron chi connectivity index (χ4n) is 2.33. The van der Waals surface area contributed by atoms with E-state index in [0.717, 1.165) is 43.7 Å². The van der Waals surface area contributed by atoms with Gasteiger partial charge >= 0.3 is 5.97 Å². The van der Waals surface area contributed by atoms with Crippen LogP contribution in [0.25, 0.3) is 0 Å². The molecule has 0 amide bonds. The summed E-state index contributed by atoms with van der Waals surface area (Å²) in [4.78, 5) is 13.5.